The van der Waals surface area contributed by atoms with Crippen LogP contribution in [0.3, 0.4) is 0 Å². The second-order valence-electron chi connectivity index (χ2n) is 8.22. The third kappa shape index (κ3) is 5.47. The first-order chi connectivity index (χ1) is 14.5. The molecule has 162 valence electrons. The molecular formula is C25H32O5. The summed E-state index contributed by atoms with van der Waals surface area (Å²) < 4.78 is 5.95. The number of carbonyl (C=O) groups is 1. The second-order valence-corrected chi connectivity index (χ2v) is 8.22. The Kier molecular flexibility index (Phi) is 7.61. The van der Waals surface area contributed by atoms with E-state index in [4.69, 9.17) is 4.74 Å². The van der Waals surface area contributed by atoms with Crippen LogP contribution in [-0.2, 0) is 17.6 Å². The predicted molar refractivity (Wildman–Crippen MR) is 116 cm³/mol. The van der Waals surface area contributed by atoms with Gasteiger partial charge in [0.15, 0.2) is 29.1 Å². The van der Waals surface area contributed by atoms with E-state index in [-0.39, 0.29) is 12.2 Å². The number of aromatic hydroxyl groups is 3. The molecule has 0 aliphatic carbocycles. The monoisotopic (exact) mass is 412 g/mol. The zero-order valence-electron chi connectivity index (χ0n) is 17.7. The van der Waals surface area contributed by atoms with E-state index in [1.807, 2.05) is 12.1 Å². The number of ketones is 1. The molecule has 2 aromatic rings. The molecule has 1 aliphatic heterocycles. The van der Waals surface area contributed by atoms with Gasteiger partial charge in [-0.2, -0.15) is 0 Å². The number of ether oxygens (including phenoxy) is 1. The molecule has 0 fully saturated rings. The van der Waals surface area contributed by atoms with Gasteiger partial charge in [0.2, 0.25) is 0 Å². The van der Waals surface area contributed by atoms with E-state index < -0.39 is 23.4 Å². The molecule has 1 atom stereocenters. The van der Waals surface area contributed by atoms with Gasteiger partial charge in [0.05, 0.1) is 0 Å². The van der Waals surface area contributed by atoms with Crippen molar-refractivity contribution in [2.45, 2.75) is 77.2 Å². The summed E-state index contributed by atoms with van der Waals surface area (Å²) in [4.78, 5) is 12.5. The lowest BCUT2D eigenvalue weighted by Crippen LogP contribution is -2.25. The fourth-order valence-corrected chi connectivity index (χ4v) is 3.98. The van der Waals surface area contributed by atoms with Crippen molar-refractivity contribution in [1.82, 2.24) is 0 Å². The van der Waals surface area contributed by atoms with Crippen LogP contribution in [0.1, 0.15) is 81.1 Å². The summed E-state index contributed by atoms with van der Waals surface area (Å²) in [5, 5.41) is 29.1. The first kappa shape index (κ1) is 22.0. The van der Waals surface area contributed by atoms with E-state index in [9.17, 15) is 20.1 Å². The normalized spacial score (nSPS) is 15.6. The quantitative estimate of drug-likeness (QED) is 0.342. The molecule has 3 N–H and O–H groups in total. The number of benzene rings is 2. The molecule has 5 heteroatoms. The number of rotatable bonds is 10. The highest BCUT2D eigenvalue weighted by Crippen LogP contribution is 2.40. The van der Waals surface area contributed by atoms with Gasteiger partial charge in [-0.25, -0.2) is 0 Å². The summed E-state index contributed by atoms with van der Waals surface area (Å²) in [5.74, 6) is -1.03. The van der Waals surface area contributed by atoms with Gasteiger partial charge in [0, 0.05) is 17.5 Å². The molecule has 0 amide bonds. The Labute approximate surface area is 178 Å². The molecule has 1 heterocycles. The Hall–Kier alpha value is -2.69. The van der Waals surface area contributed by atoms with Gasteiger partial charge in [-0.1, -0.05) is 64.0 Å². The van der Waals surface area contributed by atoms with E-state index in [1.54, 1.807) is 0 Å². The third-order valence-electron chi connectivity index (χ3n) is 5.75. The molecule has 5 nitrogen and oxygen atoms in total. The fourth-order valence-electron chi connectivity index (χ4n) is 3.98. The molecule has 0 saturated heterocycles. The lowest BCUT2D eigenvalue weighted by atomic mass is 9.94. The molecule has 0 aromatic heterocycles. The maximum absolute atomic E-state index is 12.5. The first-order valence-corrected chi connectivity index (χ1v) is 11.1. The van der Waals surface area contributed by atoms with Crippen molar-refractivity contribution in [2.75, 3.05) is 0 Å². The van der Waals surface area contributed by atoms with E-state index >= 15 is 0 Å². The van der Waals surface area contributed by atoms with Gasteiger partial charge in [0.1, 0.15) is 5.75 Å². The zero-order valence-corrected chi connectivity index (χ0v) is 17.7. The maximum Gasteiger partial charge on any atom is 0.200 e. The Bertz CT molecular complexity index is 851. The summed E-state index contributed by atoms with van der Waals surface area (Å²) in [7, 11) is 0. The first-order valence-electron chi connectivity index (χ1n) is 11.1. The minimum Gasteiger partial charge on any atom is -0.504 e. The highest BCUT2D eigenvalue weighted by molar-refractivity contribution is 5.89. The van der Waals surface area contributed by atoms with Crippen LogP contribution in [0.15, 0.2) is 30.3 Å². The minimum atomic E-state index is -0.909. The number of fused-ring (bicyclic) bond motifs is 1. The van der Waals surface area contributed by atoms with Gasteiger partial charge in [0.25, 0.3) is 0 Å². The van der Waals surface area contributed by atoms with Crippen LogP contribution < -0.4 is 4.74 Å². The molecule has 0 saturated carbocycles. The number of phenolic OH excluding ortho intramolecular Hbond substituents is 3. The zero-order chi connectivity index (χ0) is 21.5. The fraction of sp³-hybridized carbons (Fsp3) is 0.480. The van der Waals surface area contributed by atoms with Gasteiger partial charge in [-0.05, 0) is 36.6 Å². The maximum atomic E-state index is 12.5. The molecule has 2 aromatic carbocycles. The topological polar surface area (TPSA) is 87.0 Å². The van der Waals surface area contributed by atoms with Gasteiger partial charge < -0.3 is 20.1 Å². The number of Topliss-reactive ketones (excluding diaryl/α,β-unsaturated/α-hetero) is 1. The summed E-state index contributed by atoms with van der Waals surface area (Å²) in [6.45, 7) is 2.23. The summed E-state index contributed by atoms with van der Waals surface area (Å²) in [6, 6.07) is 8.53. The summed E-state index contributed by atoms with van der Waals surface area (Å²) in [6.07, 6.45) is 10.5. The Morgan fingerprint density at radius 1 is 0.900 bits per heavy atom. The van der Waals surface area contributed by atoms with Crippen LogP contribution in [0.2, 0.25) is 0 Å². The summed E-state index contributed by atoms with van der Waals surface area (Å²) >= 11 is 0. The average molecular weight is 413 g/mol. The van der Waals surface area contributed by atoms with Gasteiger partial charge >= 0.3 is 0 Å². The molecule has 3 rings (SSSR count). The number of unbranched alkanes of at least 4 members (excludes halogenated alkanes) is 7. The standard InChI is InChI=1S/C25H32O5/c1-2-3-4-5-6-7-8-9-10-17-11-12-18-14-22(28)25(30-23(18)13-17)19-15-20(26)24(29)21(27)16-19/h11-13,15-16,25-27,29H,2-10,14H2,1H3. The molecular weight excluding hydrogens is 380 g/mol. The van der Waals surface area contributed by atoms with Crippen molar-refractivity contribution in [3.63, 3.8) is 0 Å². The van der Waals surface area contributed by atoms with Crippen molar-refractivity contribution < 1.29 is 24.9 Å². The van der Waals surface area contributed by atoms with Crippen LogP contribution in [0, 0.1) is 0 Å². The average Bonchev–Trinajstić information content (AvgIpc) is 2.73. The van der Waals surface area contributed by atoms with Crippen LogP contribution >= 0.6 is 0 Å². The SMILES string of the molecule is CCCCCCCCCCc1ccc2c(c1)OC(c1cc(O)c(O)c(O)c1)C(=O)C2. The van der Waals surface area contributed by atoms with Crippen LogP contribution in [0.4, 0.5) is 0 Å². The lowest BCUT2D eigenvalue weighted by Gasteiger charge is -2.26. The number of carbonyl (C=O) groups excluding carboxylic acids is 1. The predicted octanol–water partition coefficient (Wildman–Crippen LogP) is 5.73. The van der Waals surface area contributed by atoms with Crippen molar-refractivity contribution in [3.8, 4) is 23.0 Å². The largest absolute Gasteiger partial charge is 0.504 e. The number of phenols is 3. The smallest absolute Gasteiger partial charge is 0.200 e. The Morgan fingerprint density at radius 3 is 2.20 bits per heavy atom. The molecule has 0 spiro atoms. The van der Waals surface area contributed by atoms with Crippen molar-refractivity contribution >= 4 is 5.78 Å². The number of hydrogen-bond donors (Lipinski definition) is 3. The minimum absolute atomic E-state index is 0.150. The van der Waals surface area contributed by atoms with Crippen molar-refractivity contribution in [3.05, 3.63) is 47.0 Å². The van der Waals surface area contributed by atoms with Crippen LogP contribution in [0.5, 0.6) is 23.0 Å². The van der Waals surface area contributed by atoms with Crippen LogP contribution in [0.25, 0.3) is 0 Å². The molecule has 1 aliphatic rings. The molecule has 30 heavy (non-hydrogen) atoms. The van der Waals surface area contributed by atoms with E-state index in [0.717, 1.165) is 18.4 Å². The number of hydrogen-bond acceptors (Lipinski definition) is 5. The lowest BCUT2D eigenvalue weighted by molar-refractivity contribution is -0.126. The van der Waals surface area contributed by atoms with Gasteiger partial charge in [-0.15, -0.1) is 0 Å². The highest BCUT2D eigenvalue weighted by atomic mass is 16.5. The second kappa shape index (κ2) is 10.4. The molecule has 1 unspecified atom stereocenters. The van der Waals surface area contributed by atoms with Crippen molar-refractivity contribution in [2.24, 2.45) is 0 Å². The molecule has 0 bridgehead atoms. The van der Waals surface area contributed by atoms with Crippen LogP contribution in [-0.4, -0.2) is 21.1 Å². The summed E-state index contributed by atoms with van der Waals surface area (Å²) in [5.41, 5.74) is 2.36. The van der Waals surface area contributed by atoms with Gasteiger partial charge in [-0.3, -0.25) is 4.79 Å². The Morgan fingerprint density at radius 2 is 1.53 bits per heavy atom. The van der Waals surface area contributed by atoms with Crippen molar-refractivity contribution in [1.29, 1.82) is 0 Å². The number of aryl methyl sites for hydroxylation is 1. The molecule has 0 radical (unpaired) electrons. The van der Waals surface area contributed by atoms with E-state index in [0.29, 0.717) is 11.3 Å². The Balaban J connectivity index is 1.58. The highest BCUT2D eigenvalue weighted by Gasteiger charge is 2.30. The third-order valence-corrected chi connectivity index (χ3v) is 5.75. The van der Waals surface area contributed by atoms with E-state index in [1.165, 1.54) is 62.6 Å². The van der Waals surface area contributed by atoms with E-state index in [2.05, 4.69) is 13.0 Å².